The van der Waals surface area contributed by atoms with Gasteiger partial charge in [-0.15, -0.1) is 0 Å². The zero-order chi connectivity index (χ0) is 18.3. The highest BCUT2D eigenvalue weighted by Gasteiger charge is 2.38. The van der Waals surface area contributed by atoms with Crippen molar-refractivity contribution in [1.82, 2.24) is 5.32 Å². The van der Waals surface area contributed by atoms with Gasteiger partial charge in [0.2, 0.25) is 5.91 Å². The minimum atomic E-state index is -0.842. The molecule has 0 aromatic heterocycles. The first-order valence-electron chi connectivity index (χ1n) is 9.19. The molecule has 0 aliphatic carbocycles. The maximum absolute atomic E-state index is 13.0. The summed E-state index contributed by atoms with van der Waals surface area (Å²) in [6.45, 7) is 5.38. The van der Waals surface area contributed by atoms with Crippen molar-refractivity contribution in [3.8, 4) is 0 Å². The van der Waals surface area contributed by atoms with E-state index in [4.69, 9.17) is 4.74 Å². The molecule has 1 unspecified atom stereocenters. The van der Waals surface area contributed by atoms with Crippen LogP contribution in [0.2, 0.25) is 0 Å². The molecule has 1 amide bonds. The number of hydrogen-bond acceptors (Lipinski definition) is 3. The van der Waals surface area contributed by atoms with Crippen LogP contribution < -0.4 is 5.32 Å². The Labute approximate surface area is 149 Å². The van der Waals surface area contributed by atoms with Gasteiger partial charge in [-0.1, -0.05) is 44.2 Å². The van der Waals surface area contributed by atoms with E-state index >= 15 is 0 Å². The van der Waals surface area contributed by atoms with Gasteiger partial charge in [0.05, 0.1) is 11.3 Å². The van der Waals surface area contributed by atoms with E-state index in [-0.39, 0.29) is 18.4 Å². The molecule has 138 valence electrons. The van der Waals surface area contributed by atoms with Crippen molar-refractivity contribution in [2.45, 2.75) is 44.9 Å². The van der Waals surface area contributed by atoms with Gasteiger partial charge in [-0.05, 0) is 37.2 Å². The van der Waals surface area contributed by atoms with E-state index in [9.17, 15) is 14.7 Å². The van der Waals surface area contributed by atoms with Gasteiger partial charge in [-0.25, -0.2) is 0 Å². The second-order valence-electron chi connectivity index (χ2n) is 6.76. The van der Waals surface area contributed by atoms with E-state index in [1.807, 2.05) is 44.2 Å². The van der Waals surface area contributed by atoms with Crippen molar-refractivity contribution in [2.75, 3.05) is 19.8 Å². The molecule has 25 heavy (non-hydrogen) atoms. The van der Waals surface area contributed by atoms with Crippen molar-refractivity contribution in [3.05, 3.63) is 35.9 Å². The Hall–Kier alpha value is -1.88. The molecule has 1 aliphatic rings. The van der Waals surface area contributed by atoms with Crippen LogP contribution in [0.4, 0.5) is 0 Å². The Morgan fingerprint density at radius 3 is 2.32 bits per heavy atom. The van der Waals surface area contributed by atoms with Gasteiger partial charge in [0.15, 0.2) is 0 Å². The second-order valence-corrected chi connectivity index (χ2v) is 6.76. The van der Waals surface area contributed by atoms with Crippen molar-refractivity contribution < 1.29 is 19.4 Å². The third-order valence-corrected chi connectivity index (χ3v) is 5.60. The van der Waals surface area contributed by atoms with Crippen LogP contribution in [0.15, 0.2) is 30.3 Å². The summed E-state index contributed by atoms with van der Waals surface area (Å²) < 4.78 is 5.32. The van der Waals surface area contributed by atoms with Crippen LogP contribution in [0.1, 0.15) is 45.1 Å². The monoisotopic (exact) mass is 347 g/mol. The summed E-state index contributed by atoms with van der Waals surface area (Å²) in [6.07, 6.45) is 2.82. The number of carboxylic acid groups (broad SMARTS) is 1. The molecule has 1 aromatic rings. The first-order valence-corrected chi connectivity index (χ1v) is 9.19. The lowest BCUT2D eigenvalue weighted by Crippen LogP contribution is -2.47. The molecule has 1 atom stereocenters. The number of benzene rings is 1. The van der Waals surface area contributed by atoms with Crippen molar-refractivity contribution in [1.29, 1.82) is 0 Å². The van der Waals surface area contributed by atoms with Gasteiger partial charge in [0, 0.05) is 19.8 Å². The minimum Gasteiger partial charge on any atom is -0.481 e. The first-order chi connectivity index (χ1) is 12.0. The van der Waals surface area contributed by atoms with E-state index in [1.54, 1.807) is 0 Å². The van der Waals surface area contributed by atoms with Crippen LogP contribution in [-0.4, -0.2) is 36.7 Å². The molecule has 5 heteroatoms. The topological polar surface area (TPSA) is 75.6 Å². The Morgan fingerprint density at radius 2 is 1.80 bits per heavy atom. The number of amides is 1. The fourth-order valence-corrected chi connectivity index (χ4v) is 3.81. The smallest absolute Gasteiger partial charge is 0.308 e. The third kappa shape index (κ3) is 4.40. The highest BCUT2D eigenvalue weighted by Crippen LogP contribution is 2.32. The lowest BCUT2D eigenvalue weighted by Gasteiger charge is -2.33. The summed E-state index contributed by atoms with van der Waals surface area (Å²) in [7, 11) is 0. The molecular weight excluding hydrogens is 318 g/mol. The summed E-state index contributed by atoms with van der Waals surface area (Å²) in [4.78, 5) is 24.7. The molecule has 1 heterocycles. The molecule has 2 N–H and O–H groups in total. The fraction of sp³-hybridized carbons (Fsp3) is 0.600. The molecule has 0 radical (unpaired) electrons. The lowest BCUT2D eigenvalue weighted by atomic mass is 9.75. The van der Waals surface area contributed by atoms with E-state index in [1.165, 1.54) is 0 Å². The van der Waals surface area contributed by atoms with Crippen LogP contribution in [-0.2, 0) is 19.7 Å². The van der Waals surface area contributed by atoms with E-state index in [0.29, 0.717) is 26.1 Å². The minimum absolute atomic E-state index is 0.0564. The van der Waals surface area contributed by atoms with Crippen molar-refractivity contribution in [3.63, 3.8) is 0 Å². The van der Waals surface area contributed by atoms with Crippen LogP contribution in [0, 0.1) is 11.8 Å². The number of carbonyl (C=O) groups excluding carboxylic acids is 1. The predicted octanol–water partition coefficient (Wildman–Crippen LogP) is 2.99. The molecule has 0 bridgehead atoms. The first kappa shape index (κ1) is 19.4. The van der Waals surface area contributed by atoms with E-state index in [0.717, 1.165) is 18.4 Å². The standard InChI is InChI=1S/C20H29NO4/c1-3-20(4-2,16-8-6-5-7-9-16)19(24)21-14-17(18(22)23)15-10-12-25-13-11-15/h5-9,15,17H,3-4,10-14H2,1-2H3,(H,21,24)(H,22,23). The largest absolute Gasteiger partial charge is 0.481 e. The number of nitrogens with one attached hydrogen (secondary N) is 1. The van der Waals surface area contributed by atoms with E-state index in [2.05, 4.69) is 5.32 Å². The molecule has 1 aromatic carbocycles. The number of carbonyl (C=O) groups is 2. The Bertz CT molecular complexity index is 562. The third-order valence-electron chi connectivity index (χ3n) is 5.60. The van der Waals surface area contributed by atoms with Gasteiger partial charge in [0.1, 0.15) is 0 Å². The summed E-state index contributed by atoms with van der Waals surface area (Å²) in [6, 6.07) is 9.75. The summed E-state index contributed by atoms with van der Waals surface area (Å²) in [5, 5.41) is 12.5. The quantitative estimate of drug-likeness (QED) is 0.758. The van der Waals surface area contributed by atoms with Gasteiger partial charge >= 0.3 is 5.97 Å². The highest BCUT2D eigenvalue weighted by atomic mass is 16.5. The SMILES string of the molecule is CCC(CC)(C(=O)NCC(C(=O)O)C1CCOCC1)c1ccccc1. The average molecular weight is 347 g/mol. The van der Waals surface area contributed by atoms with Gasteiger partial charge in [-0.2, -0.15) is 0 Å². The van der Waals surface area contributed by atoms with Crippen LogP contribution >= 0.6 is 0 Å². The Morgan fingerprint density at radius 1 is 1.20 bits per heavy atom. The van der Waals surface area contributed by atoms with Crippen LogP contribution in [0.5, 0.6) is 0 Å². The number of rotatable bonds is 8. The van der Waals surface area contributed by atoms with Gasteiger partial charge < -0.3 is 15.2 Å². The molecule has 2 rings (SSSR count). The van der Waals surface area contributed by atoms with Crippen molar-refractivity contribution >= 4 is 11.9 Å². The molecule has 1 aliphatic heterocycles. The van der Waals surface area contributed by atoms with Crippen LogP contribution in [0.3, 0.4) is 0 Å². The fourth-order valence-electron chi connectivity index (χ4n) is 3.81. The summed E-state index contributed by atoms with van der Waals surface area (Å²) in [5.41, 5.74) is 0.371. The Kier molecular flexibility index (Phi) is 7.00. The summed E-state index contributed by atoms with van der Waals surface area (Å²) >= 11 is 0. The van der Waals surface area contributed by atoms with Crippen molar-refractivity contribution in [2.24, 2.45) is 11.8 Å². The number of hydrogen-bond donors (Lipinski definition) is 2. The number of aliphatic carboxylic acids is 1. The van der Waals surface area contributed by atoms with E-state index < -0.39 is 17.3 Å². The normalized spacial score (nSPS) is 17.0. The maximum atomic E-state index is 13.0. The number of carboxylic acids is 1. The zero-order valence-corrected chi connectivity index (χ0v) is 15.2. The average Bonchev–Trinajstić information content (AvgIpc) is 2.65. The summed E-state index contributed by atoms with van der Waals surface area (Å²) in [5.74, 6) is -1.43. The predicted molar refractivity (Wildman–Crippen MR) is 96.4 cm³/mol. The maximum Gasteiger partial charge on any atom is 0.308 e. The second kappa shape index (κ2) is 8.99. The molecule has 5 nitrogen and oxygen atoms in total. The highest BCUT2D eigenvalue weighted by molar-refractivity contribution is 5.88. The molecule has 0 saturated carbocycles. The van der Waals surface area contributed by atoms with Gasteiger partial charge in [-0.3, -0.25) is 9.59 Å². The zero-order valence-electron chi connectivity index (χ0n) is 15.2. The van der Waals surface area contributed by atoms with Crippen LogP contribution in [0.25, 0.3) is 0 Å². The molecule has 0 spiro atoms. The molecule has 1 saturated heterocycles. The van der Waals surface area contributed by atoms with Gasteiger partial charge in [0.25, 0.3) is 0 Å². The molecule has 1 fully saturated rings. The lowest BCUT2D eigenvalue weighted by molar-refractivity contribution is -0.145. The number of ether oxygens (including phenoxy) is 1. The Balaban J connectivity index is 2.10. The molecular formula is C20H29NO4.